The maximum absolute atomic E-state index is 12.4. The molecule has 0 saturated heterocycles. The third-order valence-electron chi connectivity index (χ3n) is 2.20. The van der Waals surface area contributed by atoms with E-state index in [-0.39, 0.29) is 17.2 Å². The zero-order valence-electron chi connectivity index (χ0n) is 11.0. The number of phosphoric ester groups is 1. The molecule has 0 bridgehead atoms. The molecule has 2 aromatic carbocycles. The van der Waals surface area contributed by atoms with Crippen molar-refractivity contribution in [3.8, 4) is 17.2 Å². The van der Waals surface area contributed by atoms with Crippen molar-refractivity contribution in [1.82, 2.24) is 0 Å². The maximum atomic E-state index is 12.4. The highest BCUT2D eigenvalue weighted by Crippen LogP contribution is 2.60. The summed E-state index contributed by atoms with van der Waals surface area (Å²) >= 11 is 0. The third-order valence-corrected chi connectivity index (χ3v) is 4.72. The molecule has 118 valence electrons. The van der Waals surface area contributed by atoms with E-state index < -0.39 is 15.6 Å². The lowest BCUT2D eigenvalue weighted by atomic mass is 10.3. The Hall–Kier alpha value is -1.82. The molecule has 2 rings (SSSR count). The second kappa shape index (κ2) is 6.52. The van der Waals surface area contributed by atoms with Gasteiger partial charge >= 0.3 is 15.6 Å². The summed E-state index contributed by atoms with van der Waals surface area (Å²) in [5, 5.41) is 9.33. The molecule has 3 N–H and O–H groups in total. The fourth-order valence-corrected chi connectivity index (χ4v) is 3.56. The van der Waals surface area contributed by atoms with Crippen LogP contribution in [-0.4, -0.2) is 14.9 Å². The number of hydrogen-bond donors (Lipinski definition) is 3. The van der Waals surface area contributed by atoms with Gasteiger partial charge in [-0.1, -0.05) is 24.3 Å². The Morgan fingerprint density at radius 3 is 2.00 bits per heavy atom. The fraction of sp³-hybridized carbons (Fsp3) is 0. The molecule has 0 aliphatic carbocycles. The van der Waals surface area contributed by atoms with Gasteiger partial charge in [-0.25, -0.2) is 9.13 Å². The minimum absolute atomic E-state index is 0.0273. The van der Waals surface area contributed by atoms with Crippen LogP contribution in [0.15, 0.2) is 54.6 Å². The fourth-order valence-electron chi connectivity index (χ4n) is 1.46. The molecule has 0 aliphatic rings. The summed E-state index contributed by atoms with van der Waals surface area (Å²) in [5.74, 6) is -0.313. The highest BCUT2D eigenvalue weighted by molar-refractivity contribution is 7.61. The van der Waals surface area contributed by atoms with Crippen LogP contribution in [0.3, 0.4) is 0 Å². The first-order valence-electron chi connectivity index (χ1n) is 5.86. The molecule has 1 atom stereocenters. The van der Waals surface area contributed by atoms with E-state index in [2.05, 4.69) is 4.31 Å². The molecular weight excluding hydrogens is 334 g/mol. The topological polar surface area (TPSA) is 123 Å². The Morgan fingerprint density at radius 1 is 0.818 bits per heavy atom. The number of phenolic OH excluding ortho intramolecular Hbond substituents is 1. The zero-order valence-corrected chi connectivity index (χ0v) is 12.8. The molecule has 0 spiro atoms. The molecule has 0 heterocycles. The van der Waals surface area contributed by atoms with Crippen molar-refractivity contribution in [2.24, 2.45) is 0 Å². The van der Waals surface area contributed by atoms with Crippen LogP contribution < -0.4 is 9.05 Å². The molecule has 0 aromatic heterocycles. The normalized spacial score (nSPS) is 14.1. The Kier molecular flexibility index (Phi) is 4.90. The van der Waals surface area contributed by atoms with Gasteiger partial charge in [0.2, 0.25) is 0 Å². The second-order valence-corrected chi connectivity index (χ2v) is 6.91. The second-order valence-electron chi connectivity index (χ2n) is 4.01. The van der Waals surface area contributed by atoms with Crippen molar-refractivity contribution in [3.63, 3.8) is 0 Å². The first-order valence-corrected chi connectivity index (χ1v) is 8.85. The highest BCUT2D eigenvalue weighted by atomic mass is 31.3. The van der Waals surface area contributed by atoms with Crippen LogP contribution in [0, 0.1) is 0 Å². The van der Waals surface area contributed by atoms with Crippen molar-refractivity contribution >= 4 is 15.6 Å². The molecular formula is C12H12O8P2. The SMILES string of the molecule is O=P(O)(O)OP(=O)(Oc1ccccc1)Oc1cccc(O)c1. The van der Waals surface area contributed by atoms with E-state index >= 15 is 0 Å². The van der Waals surface area contributed by atoms with Gasteiger partial charge in [-0.2, -0.15) is 4.31 Å². The summed E-state index contributed by atoms with van der Waals surface area (Å²) in [4.78, 5) is 17.7. The molecule has 0 fully saturated rings. The predicted octanol–water partition coefficient (Wildman–Crippen LogP) is 3.07. The minimum Gasteiger partial charge on any atom is -0.508 e. The van der Waals surface area contributed by atoms with Crippen molar-refractivity contribution in [2.75, 3.05) is 0 Å². The van der Waals surface area contributed by atoms with E-state index in [1.165, 1.54) is 30.3 Å². The lowest BCUT2D eigenvalue weighted by Crippen LogP contribution is -2.04. The minimum atomic E-state index is -5.15. The molecule has 0 aliphatic heterocycles. The van der Waals surface area contributed by atoms with Gasteiger partial charge in [0.15, 0.2) is 0 Å². The van der Waals surface area contributed by atoms with Gasteiger partial charge in [0.1, 0.15) is 17.2 Å². The molecule has 0 radical (unpaired) electrons. The Balaban J connectivity index is 2.29. The molecule has 10 heteroatoms. The number of rotatable bonds is 6. The van der Waals surface area contributed by atoms with Gasteiger partial charge in [-0.3, -0.25) is 0 Å². The van der Waals surface area contributed by atoms with E-state index in [4.69, 9.17) is 18.8 Å². The smallest absolute Gasteiger partial charge is 0.508 e. The number of aromatic hydroxyl groups is 1. The summed E-state index contributed by atoms with van der Waals surface area (Å²) < 4.78 is 37.5. The predicted molar refractivity (Wildman–Crippen MR) is 76.5 cm³/mol. The molecule has 0 saturated carbocycles. The van der Waals surface area contributed by atoms with Crippen LogP contribution >= 0.6 is 15.6 Å². The number of phenols is 1. The molecule has 1 unspecified atom stereocenters. The Bertz CT molecular complexity index is 727. The molecule has 0 amide bonds. The molecule has 8 nitrogen and oxygen atoms in total. The average molecular weight is 346 g/mol. The van der Waals surface area contributed by atoms with E-state index in [1.54, 1.807) is 18.2 Å². The van der Waals surface area contributed by atoms with Crippen molar-refractivity contribution in [1.29, 1.82) is 0 Å². The average Bonchev–Trinajstić information content (AvgIpc) is 2.36. The zero-order chi connectivity index (χ0) is 16.2. The Labute approximate surface area is 125 Å². The quantitative estimate of drug-likeness (QED) is 0.682. The van der Waals surface area contributed by atoms with Crippen LogP contribution in [0.25, 0.3) is 0 Å². The van der Waals surface area contributed by atoms with Gasteiger partial charge in [-0.05, 0) is 24.3 Å². The largest absolute Gasteiger partial charge is 0.596 e. The van der Waals surface area contributed by atoms with Gasteiger partial charge in [0.05, 0.1) is 0 Å². The number of hydrogen-bond acceptors (Lipinski definition) is 6. The van der Waals surface area contributed by atoms with E-state index in [9.17, 15) is 14.2 Å². The van der Waals surface area contributed by atoms with Crippen LogP contribution in [0.2, 0.25) is 0 Å². The summed E-state index contributed by atoms with van der Waals surface area (Å²) in [6, 6.07) is 12.7. The van der Waals surface area contributed by atoms with Gasteiger partial charge < -0.3 is 23.9 Å². The maximum Gasteiger partial charge on any atom is 0.596 e. The number of phosphoric acid groups is 2. The standard InChI is InChI=1S/C12H12O8P2/c13-10-5-4-8-12(9-10)19-22(17,20-21(14,15)16)18-11-6-2-1-3-7-11/h1-9,13H,(H2,14,15,16). The lowest BCUT2D eigenvalue weighted by Gasteiger charge is -2.19. The summed E-state index contributed by atoms with van der Waals surface area (Å²) in [7, 11) is -9.83. The van der Waals surface area contributed by atoms with Crippen LogP contribution in [0.4, 0.5) is 0 Å². The summed E-state index contributed by atoms with van der Waals surface area (Å²) in [5.41, 5.74) is 0. The Morgan fingerprint density at radius 2 is 1.41 bits per heavy atom. The molecule has 22 heavy (non-hydrogen) atoms. The van der Waals surface area contributed by atoms with Crippen molar-refractivity contribution < 1.29 is 37.4 Å². The third kappa shape index (κ3) is 5.18. The van der Waals surface area contributed by atoms with Crippen molar-refractivity contribution in [2.45, 2.75) is 0 Å². The van der Waals surface area contributed by atoms with Gasteiger partial charge in [0.25, 0.3) is 0 Å². The molecule has 2 aromatic rings. The van der Waals surface area contributed by atoms with E-state index in [0.29, 0.717) is 0 Å². The lowest BCUT2D eigenvalue weighted by molar-refractivity contribution is 0.233. The summed E-state index contributed by atoms with van der Waals surface area (Å²) in [6.45, 7) is 0. The van der Waals surface area contributed by atoms with Crippen LogP contribution in [0.1, 0.15) is 0 Å². The van der Waals surface area contributed by atoms with Gasteiger partial charge in [-0.15, -0.1) is 0 Å². The monoisotopic (exact) mass is 346 g/mol. The van der Waals surface area contributed by atoms with Gasteiger partial charge in [0, 0.05) is 6.07 Å². The van der Waals surface area contributed by atoms with E-state index in [0.717, 1.165) is 6.07 Å². The van der Waals surface area contributed by atoms with Crippen molar-refractivity contribution in [3.05, 3.63) is 54.6 Å². The van der Waals surface area contributed by atoms with Crippen LogP contribution in [-0.2, 0) is 13.4 Å². The highest BCUT2D eigenvalue weighted by Gasteiger charge is 2.39. The number of benzene rings is 2. The summed E-state index contributed by atoms with van der Waals surface area (Å²) in [6.07, 6.45) is 0. The van der Waals surface area contributed by atoms with E-state index in [1.807, 2.05) is 0 Å². The first kappa shape index (κ1) is 16.5. The van der Waals surface area contributed by atoms with Crippen LogP contribution in [0.5, 0.6) is 17.2 Å². The number of para-hydroxylation sites is 1. The first-order chi connectivity index (χ1) is 10.3.